The molecule has 5 heteroatoms. The average molecular weight is 304 g/mol. The van der Waals surface area contributed by atoms with Crippen LogP contribution in [0.3, 0.4) is 0 Å². The summed E-state index contributed by atoms with van der Waals surface area (Å²) in [7, 11) is 1.71. The van der Waals surface area contributed by atoms with Gasteiger partial charge in [-0.2, -0.15) is 0 Å². The van der Waals surface area contributed by atoms with E-state index in [0.29, 0.717) is 5.56 Å². The third-order valence-corrected chi connectivity index (χ3v) is 4.49. The number of pyridine rings is 1. The maximum absolute atomic E-state index is 11.7. The summed E-state index contributed by atoms with van der Waals surface area (Å²) in [5.41, 5.74) is 1.31. The van der Waals surface area contributed by atoms with Crippen molar-refractivity contribution < 1.29 is 8.42 Å². The number of aromatic nitrogens is 1. The van der Waals surface area contributed by atoms with Crippen LogP contribution in [-0.4, -0.2) is 13.4 Å². The molecule has 3 aromatic rings. The monoisotopic (exact) mass is 303 g/mol. The maximum Gasteiger partial charge on any atom is 0.261 e. The summed E-state index contributed by atoms with van der Waals surface area (Å²) in [4.78, 5) is 4.27. The first kappa shape index (κ1) is 13.1. The lowest BCUT2D eigenvalue weighted by atomic mass is 10.0. The summed E-state index contributed by atoms with van der Waals surface area (Å²) in [6.45, 7) is 0. The fraction of sp³-hybridized carbons (Fsp3) is 0. The summed E-state index contributed by atoms with van der Waals surface area (Å²) in [5.74, 6) is 0. The van der Waals surface area contributed by atoms with Crippen LogP contribution >= 0.6 is 10.7 Å². The SMILES string of the molecule is O=S(=O)(Cl)c1ccccc1-c1cncc2ccccc12. The predicted octanol–water partition coefficient (Wildman–Crippen LogP) is 3.83. The highest BCUT2D eigenvalue weighted by Crippen LogP contribution is 2.33. The first-order valence-electron chi connectivity index (χ1n) is 5.94. The lowest BCUT2D eigenvalue weighted by Gasteiger charge is -2.09. The minimum Gasteiger partial charge on any atom is -0.263 e. The van der Waals surface area contributed by atoms with Crippen molar-refractivity contribution in [2.45, 2.75) is 4.90 Å². The highest BCUT2D eigenvalue weighted by atomic mass is 35.7. The van der Waals surface area contributed by atoms with Crippen LogP contribution in [0.4, 0.5) is 0 Å². The van der Waals surface area contributed by atoms with Gasteiger partial charge in [0.1, 0.15) is 0 Å². The number of hydrogen-bond acceptors (Lipinski definition) is 3. The molecule has 0 aliphatic heterocycles. The largest absolute Gasteiger partial charge is 0.263 e. The molecule has 1 heterocycles. The van der Waals surface area contributed by atoms with E-state index in [2.05, 4.69) is 4.98 Å². The van der Waals surface area contributed by atoms with Gasteiger partial charge in [0.25, 0.3) is 9.05 Å². The number of halogens is 1. The van der Waals surface area contributed by atoms with Crippen molar-refractivity contribution in [2.24, 2.45) is 0 Å². The first-order chi connectivity index (χ1) is 9.57. The van der Waals surface area contributed by atoms with E-state index in [1.165, 1.54) is 6.07 Å². The van der Waals surface area contributed by atoms with E-state index in [-0.39, 0.29) is 4.90 Å². The average Bonchev–Trinajstić information content (AvgIpc) is 2.46. The quantitative estimate of drug-likeness (QED) is 0.676. The Balaban J connectivity index is 2.38. The normalized spacial score (nSPS) is 11.7. The predicted molar refractivity (Wildman–Crippen MR) is 80.2 cm³/mol. The van der Waals surface area contributed by atoms with Gasteiger partial charge in [0.05, 0.1) is 4.90 Å². The minimum atomic E-state index is -3.81. The van der Waals surface area contributed by atoms with Gasteiger partial charge in [-0.05, 0) is 11.5 Å². The van der Waals surface area contributed by atoms with Gasteiger partial charge >= 0.3 is 0 Å². The number of benzene rings is 2. The molecule has 0 amide bonds. The number of nitrogens with zero attached hydrogens (tertiary/aromatic N) is 1. The Bertz CT molecular complexity index is 886. The zero-order chi connectivity index (χ0) is 14.2. The zero-order valence-corrected chi connectivity index (χ0v) is 11.9. The summed E-state index contributed by atoms with van der Waals surface area (Å²) >= 11 is 0. The summed E-state index contributed by atoms with van der Waals surface area (Å²) in [6, 6.07) is 14.4. The minimum absolute atomic E-state index is 0.0971. The molecular weight excluding hydrogens is 294 g/mol. The number of rotatable bonds is 2. The van der Waals surface area contributed by atoms with Crippen molar-refractivity contribution in [3.63, 3.8) is 0 Å². The van der Waals surface area contributed by atoms with Gasteiger partial charge in [-0.15, -0.1) is 0 Å². The molecule has 0 atom stereocenters. The van der Waals surface area contributed by atoms with Gasteiger partial charge in [-0.1, -0.05) is 42.5 Å². The molecule has 0 unspecified atom stereocenters. The third-order valence-electron chi connectivity index (χ3n) is 3.11. The Hall–Kier alpha value is -1.91. The Morgan fingerprint density at radius 1 is 0.850 bits per heavy atom. The van der Waals surface area contributed by atoms with Crippen molar-refractivity contribution in [2.75, 3.05) is 0 Å². The first-order valence-corrected chi connectivity index (χ1v) is 8.25. The van der Waals surface area contributed by atoms with Crippen molar-refractivity contribution in [3.05, 3.63) is 60.9 Å². The second-order valence-electron chi connectivity index (χ2n) is 4.34. The van der Waals surface area contributed by atoms with E-state index < -0.39 is 9.05 Å². The second-order valence-corrected chi connectivity index (χ2v) is 6.88. The summed E-state index contributed by atoms with van der Waals surface area (Å²) < 4.78 is 23.4. The molecule has 0 aliphatic carbocycles. The summed E-state index contributed by atoms with van der Waals surface area (Å²) in [6.07, 6.45) is 3.40. The van der Waals surface area contributed by atoms with Gasteiger partial charge in [-0.3, -0.25) is 4.98 Å². The topological polar surface area (TPSA) is 47.0 Å². The van der Waals surface area contributed by atoms with Crippen LogP contribution in [0.15, 0.2) is 65.8 Å². The molecule has 0 bridgehead atoms. The van der Waals surface area contributed by atoms with Gasteiger partial charge in [-0.25, -0.2) is 8.42 Å². The van der Waals surface area contributed by atoms with Crippen molar-refractivity contribution in [3.8, 4) is 11.1 Å². The van der Waals surface area contributed by atoms with E-state index in [9.17, 15) is 8.42 Å². The highest BCUT2D eigenvalue weighted by molar-refractivity contribution is 8.13. The second kappa shape index (κ2) is 4.89. The molecule has 2 aromatic carbocycles. The molecule has 0 radical (unpaired) electrons. The molecule has 0 fully saturated rings. The van der Waals surface area contributed by atoms with Crippen LogP contribution in [0.5, 0.6) is 0 Å². The lowest BCUT2D eigenvalue weighted by molar-refractivity contribution is 0.610. The van der Waals surface area contributed by atoms with Crippen molar-refractivity contribution >= 4 is 30.5 Å². The Morgan fingerprint density at radius 2 is 1.55 bits per heavy atom. The molecule has 20 heavy (non-hydrogen) atoms. The van der Waals surface area contributed by atoms with Gasteiger partial charge in [0.15, 0.2) is 0 Å². The standard InChI is InChI=1S/C15H10ClNO2S/c16-20(18,19)15-8-4-3-7-13(15)14-10-17-9-11-5-1-2-6-12(11)14/h1-10H. The van der Waals surface area contributed by atoms with Gasteiger partial charge in [0.2, 0.25) is 0 Å². The molecule has 0 aliphatic rings. The smallest absolute Gasteiger partial charge is 0.261 e. The van der Waals surface area contributed by atoms with Crippen molar-refractivity contribution in [1.82, 2.24) is 4.98 Å². The third kappa shape index (κ3) is 2.28. The zero-order valence-electron chi connectivity index (χ0n) is 10.3. The molecule has 0 spiro atoms. The lowest BCUT2D eigenvalue weighted by Crippen LogP contribution is -1.95. The van der Waals surface area contributed by atoms with Crippen molar-refractivity contribution in [1.29, 1.82) is 0 Å². The number of fused-ring (bicyclic) bond motifs is 1. The van der Waals surface area contributed by atoms with E-state index in [0.717, 1.165) is 16.3 Å². The fourth-order valence-electron chi connectivity index (χ4n) is 2.23. The molecule has 0 saturated carbocycles. The molecule has 3 nitrogen and oxygen atoms in total. The van der Waals surface area contributed by atoms with Crippen LogP contribution in [-0.2, 0) is 9.05 Å². The van der Waals surface area contributed by atoms with Crippen LogP contribution < -0.4 is 0 Å². The Kier molecular flexibility index (Phi) is 3.20. The Morgan fingerprint density at radius 3 is 2.35 bits per heavy atom. The summed E-state index contributed by atoms with van der Waals surface area (Å²) in [5, 5.41) is 1.89. The van der Waals surface area contributed by atoms with E-state index >= 15 is 0 Å². The van der Waals surface area contributed by atoms with Crippen LogP contribution in [0, 0.1) is 0 Å². The van der Waals surface area contributed by atoms with E-state index in [4.69, 9.17) is 10.7 Å². The fourth-order valence-corrected chi connectivity index (χ4v) is 3.32. The number of hydrogen-bond donors (Lipinski definition) is 0. The van der Waals surface area contributed by atoms with Crippen LogP contribution in [0.1, 0.15) is 0 Å². The molecule has 1 aromatic heterocycles. The molecule has 100 valence electrons. The van der Waals surface area contributed by atoms with Gasteiger partial charge < -0.3 is 0 Å². The van der Waals surface area contributed by atoms with Gasteiger partial charge in [0, 0.05) is 39.6 Å². The van der Waals surface area contributed by atoms with E-state index in [1.54, 1.807) is 30.6 Å². The molecule has 0 saturated heterocycles. The Labute approximate surface area is 121 Å². The highest BCUT2D eigenvalue weighted by Gasteiger charge is 2.17. The maximum atomic E-state index is 11.7. The molecular formula is C15H10ClNO2S. The molecule has 0 N–H and O–H groups in total. The van der Waals surface area contributed by atoms with E-state index in [1.807, 2.05) is 24.3 Å². The van der Waals surface area contributed by atoms with Crippen LogP contribution in [0.25, 0.3) is 21.9 Å². The van der Waals surface area contributed by atoms with Crippen LogP contribution in [0.2, 0.25) is 0 Å². The molecule has 3 rings (SSSR count).